The Hall–Kier alpha value is -3.28. The van der Waals surface area contributed by atoms with Crippen molar-refractivity contribution in [1.82, 2.24) is 15.0 Å². The van der Waals surface area contributed by atoms with Gasteiger partial charge in [0.2, 0.25) is 17.2 Å². The second kappa shape index (κ2) is 13.4. The molecule has 2 aromatic rings. The standard InChI is InChI=1S/C13H19N3O4.C8H14ClN5/c1-5-10(6-2)14-12-11(15(17)18)7-8(3)9(4)13(12)16(19)20;1-4-10-7-12-6(9)13-8(14-7)11-5(2)3/h7,10,14H,5-6H2,1-4H3;5H,4H2,1-3H3,(H2,10,11,12,13,14). The Morgan fingerprint density at radius 2 is 1.56 bits per heavy atom. The fraction of sp³-hybridized carbons (Fsp3) is 0.571. The number of aryl methyl sites for hydroxylation is 1. The van der Waals surface area contributed by atoms with Crippen LogP contribution < -0.4 is 16.0 Å². The molecule has 3 N–H and O–H groups in total. The van der Waals surface area contributed by atoms with Crippen LogP contribution in [0.2, 0.25) is 5.28 Å². The minimum absolute atomic E-state index is 0.0109. The van der Waals surface area contributed by atoms with Gasteiger partial charge in [-0.15, -0.1) is 0 Å². The van der Waals surface area contributed by atoms with Crippen LogP contribution in [-0.4, -0.2) is 43.4 Å². The van der Waals surface area contributed by atoms with Crippen LogP contribution in [0, 0.1) is 34.1 Å². The number of hydrogen-bond acceptors (Lipinski definition) is 10. The van der Waals surface area contributed by atoms with E-state index in [2.05, 4.69) is 30.9 Å². The molecule has 12 nitrogen and oxygen atoms in total. The highest BCUT2D eigenvalue weighted by molar-refractivity contribution is 6.28. The highest BCUT2D eigenvalue weighted by Crippen LogP contribution is 2.39. The highest BCUT2D eigenvalue weighted by Gasteiger charge is 2.30. The van der Waals surface area contributed by atoms with E-state index >= 15 is 0 Å². The Morgan fingerprint density at radius 1 is 0.971 bits per heavy atom. The first-order valence-corrected chi connectivity index (χ1v) is 11.4. The number of halogens is 1. The molecule has 0 amide bonds. The Bertz CT molecular complexity index is 999. The molecule has 2 rings (SSSR count). The van der Waals surface area contributed by atoms with Gasteiger partial charge >= 0.3 is 5.69 Å². The maximum atomic E-state index is 11.3. The highest BCUT2D eigenvalue weighted by atomic mass is 35.5. The molecule has 0 saturated carbocycles. The summed E-state index contributed by atoms with van der Waals surface area (Å²) in [5.41, 5.74) is 0.555. The summed E-state index contributed by atoms with van der Waals surface area (Å²) in [6, 6.07) is 1.62. The molecular weight excluding hydrogens is 464 g/mol. The summed E-state index contributed by atoms with van der Waals surface area (Å²) in [6.45, 7) is 13.8. The van der Waals surface area contributed by atoms with Gasteiger partial charge in [0, 0.05) is 30.3 Å². The Labute approximate surface area is 204 Å². The van der Waals surface area contributed by atoms with Gasteiger partial charge in [0.25, 0.3) is 5.69 Å². The Kier molecular flexibility index (Phi) is 11.4. The SMILES string of the molecule is CCC(CC)Nc1c([N+](=O)[O-])cc(C)c(C)c1[N+](=O)[O-].CCNc1nc(Cl)nc(NC(C)C)n1. The number of rotatable bonds is 10. The zero-order valence-corrected chi connectivity index (χ0v) is 21.4. The molecule has 0 radical (unpaired) electrons. The third-order valence-corrected chi connectivity index (χ3v) is 5.04. The first-order chi connectivity index (χ1) is 15.9. The number of hydrogen-bond donors (Lipinski definition) is 3. The first kappa shape index (κ1) is 28.8. The van der Waals surface area contributed by atoms with Crippen molar-refractivity contribution in [2.75, 3.05) is 22.5 Å². The first-order valence-electron chi connectivity index (χ1n) is 11.1. The number of nitrogens with one attached hydrogen (secondary N) is 3. The maximum Gasteiger partial charge on any atom is 0.302 e. The Balaban J connectivity index is 0.000000362. The predicted molar refractivity (Wildman–Crippen MR) is 135 cm³/mol. The topological polar surface area (TPSA) is 161 Å². The number of nitrogens with zero attached hydrogens (tertiary/aromatic N) is 5. The van der Waals surface area contributed by atoms with Gasteiger partial charge in [0.05, 0.1) is 9.85 Å². The van der Waals surface area contributed by atoms with E-state index in [4.69, 9.17) is 11.6 Å². The minimum Gasteiger partial charge on any atom is -0.371 e. The van der Waals surface area contributed by atoms with E-state index in [-0.39, 0.29) is 34.4 Å². The number of nitro benzene ring substituents is 2. The molecule has 13 heteroatoms. The third kappa shape index (κ3) is 8.25. The van der Waals surface area contributed by atoms with Crippen molar-refractivity contribution >= 4 is 40.6 Å². The Morgan fingerprint density at radius 3 is 2.03 bits per heavy atom. The molecule has 1 aromatic heterocycles. The van der Waals surface area contributed by atoms with Crippen molar-refractivity contribution in [2.45, 2.75) is 73.4 Å². The van der Waals surface area contributed by atoms with Crippen molar-refractivity contribution in [2.24, 2.45) is 0 Å². The van der Waals surface area contributed by atoms with Crippen LogP contribution in [-0.2, 0) is 0 Å². The lowest BCUT2D eigenvalue weighted by atomic mass is 10.0. The van der Waals surface area contributed by atoms with Crippen LogP contribution >= 0.6 is 11.6 Å². The molecule has 0 unspecified atom stereocenters. The van der Waals surface area contributed by atoms with E-state index in [0.29, 0.717) is 23.0 Å². The quantitative estimate of drug-likeness (QED) is 0.283. The van der Waals surface area contributed by atoms with Crippen molar-refractivity contribution in [3.63, 3.8) is 0 Å². The van der Waals surface area contributed by atoms with Gasteiger partial charge in [0.15, 0.2) is 5.69 Å². The normalized spacial score (nSPS) is 10.5. The average Bonchev–Trinajstić information content (AvgIpc) is 2.73. The minimum atomic E-state index is -0.579. The van der Waals surface area contributed by atoms with Crippen molar-refractivity contribution in [3.8, 4) is 0 Å². The lowest BCUT2D eigenvalue weighted by molar-refractivity contribution is -0.392. The molecule has 1 aromatic carbocycles. The summed E-state index contributed by atoms with van der Waals surface area (Å²) < 4.78 is 0. The molecule has 0 saturated heterocycles. The molecule has 0 fully saturated rings. The third-order valence-electron chi connectivity index (χ3n) is 4.87. The van der Waals surface area contributed by atoms with E-state index in [1.54, 1.807) is 13.8 Å². The number of benzene rings is 1. The van der Waals surface area contributed by atoms with Crippen LogP contribution in [0.25, 0.3) is 0 Å². The van der Waals surface area contributed by atoms with E-state index < -0.39 is 9.85 Å². The van der Waals surface area contributed by atoms with Crippen LogP contribution in [0.3, 0.4) is 0 Å². The van der Waals surface area contributed by atoms with Crippen LogP contribution in [0.15, 0.2) is 6.07 Å². The number of aromatic nitrogens is 3. The summed E-state index contributed by atoms with van der Waals surface area (Å²) in [5, 5.41) is 31.6. The molecule has 0 spiro atoms. The summed E-state index contributed by atoms with van der Waals surface area (Å²) in [6.07, 6.45) is 1.47. The lowest BCUT2D eigenvalue weighted by Crippen LogP contribution is -2.19. The van der Waals surface area contributed by atoms with Crippen molar-refractivity contribution < 1.29 is 9.85 Å². The fourth-order valence-electron chi connectivity index (χ4n) is 3.00. The van der Waals surface area contributed by atoms with Crippen molar-refractivity contribution in [3.05, 3.63) is 42.7 Å². The maximum absolute atomic E-state index is 11.3. The van der Waals surface area contributed by atoms with Crippen LogP contribution in [0.4, 0.5) is 29.0 Å². The van der Waals surface area contributed by atoms with Gasteiger partial charge in [-0.2, -0.15) is 15.0 Å². The van der Waals surface area contributed by atoms with Gasteiger partial charge < -0.3 is 16.0 Å². The zero-order valence-electron chi connectivity index (χ0n) is 20.6. The summed E-state index contributed by atoms with van der Waals surface area (Å²) >= 11 is 5.73. The predicted octanol–water partition coefficient (Wildman–Crippen LogP) is 5.50. The monoisotopic (exact) mass is 496 g/mol. The second-order valence-electron chi connectivity index (χ2n) is 7.81. The molecule has 0 bridgehead atoms. The molecule has 0 atom stereocenters. The summed E-state index contributed by atoms with van der Waals surface area (Å²) in [7, 11) is 0. The van der Waals surface area contributed by atoms with Crippen LogP contribution in [0.1, 0.15) is 58.6 Å². The van der Waals surface area contributed by atoms with E-state index in [0.717, 1.165) is 19.4 Å². The van der Waals surface area contributed by atoms with Gasteiger partial charge in [-0.25, -0.2) is 0 Å². The van der Waals surface area contributed by atoms with Crippen molar-refractivity contribution in [1.29, 1.82) is 0 Å². The van der Waals surface area contributed by atoms with Gasteiger partial charge in [0.1, 0.15) is 0 Å². The lowest BCUT2D eigenvalue weighted by Gasteiger charge is -2.17. The van der Waals surface area contributed by atoms with E-state index in [1.165, 1.54) is 6.07 Å². The molecule has 34 heavy (non-hydrogen) atoms. The fourth-order valence-corrected chi connectivity index (χ4v) is 3.16. The molecule has 0 aliphatic heterocycles. The van der Waals surface area contributed by atoms with E-state index in [1.807, 2.05) is 34.6 Å². The molecule has 1 heterocycles. The second-order valence-corrected chi connectivity index (χ2v) is 8.15. The molecular formula is C21H33ClN8O4. The number of nitro groups is 2. The van der Waals surface area contributed by atoms with E-state index in [9.17, 15) is 20.2 Å². The van der Waals surface area contributed by atoms with Gasteiger partial charge in [-0.05, 0) is 64.6 Å². The molecule has 0 aliphatic rings. The smallest absolute Gasteiger partial charge is 0.302 e. The molecule has 0 aliphatic carbocycles. The summed E-state index contributed by atoms with van der Waals surface area (Å²) in [4.78, 5) is 33.3. The largest absolute Gasteiger partial charge is 0.371 e. The van der Waals surface area contributed by atoms with Crippen LogP contribution in [0.5, 0.6) is 0 Å². The zero-order chi connectivity index (χ0) is 26.0. The average molecular weight is 497 g/mol. The van der Waals surface area contributed by atoms with Gasteiger partial charge in [-0.3, -0.25) is 20.2 Å². The number of anilines is 3. The molecule has 188 valence electrons. The summed E-state index contributed by atoms with van der Waals surface area (Å²) in [5.74, 6) is 0.992. The van der Waals surface area contributed by atoms with Gasteiger partial charge in [-0.1, -0.05) is 13.8 Å².